The number of aliphatic hydroxyl groups excluding tert-OH is 5. The van der Waals surface area contributed by atoms with Gasteiger partial charge in [0.25, 0.3) is 0 Å². The van der Waals surface area contributed by atoms with E-state index >= 15 is 0 Å². The molecule has 0 fully saturated rings. The minimum absolute atomic E-state index is 0. The molecule has 0 saturated heterocycles. The molecule has 0 amide bonds. The van der Waals surface area contributed by atoms with Crippen molar-refractivity contribution >= 4 is 0 Å². The van der Waals surface area contributed by atoms with Gasteiger partial charge in [0.1, 0.15) is 0 Å². The van der Waals surface area contributed by atoms with Crippen LogP contribution in [-0.2, 0) is 77.9 Å². The van der Waals surface area contributed by atoms with E-state index in [9.17, 15) is 0 Å². The van der Waals surface area contributed by atoms with Crippen molar-refractivity contribution in [3.05, 3.63) is 31.9 Å². The number of nitrogens with one attached hydrogen (secondary N) is 2. The third-order valence-electron chi connectivity index (χ3n) is 3.69. The van der Waals surface area contributed by atoms with Gasteiger partial charge >= 0.3 is 19.5 Å². The average molecular weight is 811 g/mol. The summed E-state index contributed by atoms with van der Waals surface area (Å²) < 4.78 is 0. The molecule has 0 aliphatic heterocycles. The summed E-state index contributed by atoms with van der Waals surface area (Å²) in [5.74, 6) is 0. The molecule has 13 N–H and O–H groups in total. The molecular formula is C27H73N4O6Zn4-3. The van der Waals surface area contributed by atoms with Crippen LogP contribution in [0.5, 0.6) is 0 Å². The normalized spacial score (nSPS) is 6.88. The Bertz CT molecular complexity index is 207. The van der Waals surface area contributed by atoms with Crippen molar-refractivity contribution in [2.24, 2.45) is 0 Å². The van der Waals surface area contributed by atoms with Crippen LogP contribution in [-0.4, -0.2) is 84.7 Å². The van der Waals surface area contributed by atoms with Gasteiger partial charge in [-0.3, -0.25) is 0 Å². The van der Waals surface area contributed by atoms with Crippen molar-refractivity contribution < 1.29 is 109 Å². The van der Waals surface area contributed by atoms with E-state index in [1.165, 1.54) is 25.7 Å². The van der Waals surface area contributed by atoms with Crippen LogP contribution in [0.4, 0.5) is 0 Å². The first kappa shape index (κ1) is 90.2. The fraction of sp³-hybridized carbons (Fsp3) is 0.926. The standard InChI is InChI=1S/C7H17NO.C5H12NO.2C5H12O.2C2H5.CH4O.2H2N.H2O.4Zn/c1-8-6-4-2-3-5-7-9;6-4-2-1-3-5-7;2*1-2-3-4-5-6;3*1-2;;;;;;;/h8-9H,2-7H2,1H3;6-7H,1-5H2;2*6H,2-5H2,1H3;2*1H2,2H3;2H,1H3;3*1H2;;;;/q;-1;;;2*-1;;2*-1;;;;;+2. The molecule has 0 rings (SSSR count). The minimum Gasteiger partial charge on any atom is -0.693 e. The second kappa shape index (κ2) is 146. The summed E-state index contributed by atoms with van der Waals surface area (Å²) in [6.45, 7) is 17.2. The van der Waals surface area contributed by atoms with E-state index < -0.39 is 0 Å². The van der Waals surface area contributed by atoms with Crippen molar-refractivity contribution in [2.45, 2.75) is 111 Å². The van der Waals surface area contributed by atoms with E-state index in [0.29, 0.717) is 26.4 Å². The molecule has 0 heterocycles. The predicted octanol–water partition coefficient (Wildman–Crippen LogP) is 6.19. The van der Waals surface area contributed by atoms with E-state index in [4.69, 9.17) is 31.3 Å². The molecule has 41 heavy (non-hydrogen) atoms. The van der Waals surface area contributed by atoms with Gasteiger partial charge in [0.15, 0.2) is 0 Å². The predicted molar refractivity (Wildman–Crippen MR) is 167 cm³/mol. The first-order chi connectivity index (χ1) is 16.7. The number of unbranched alkanes of at least 4 members (excludes halogenated alkanes) is 9. The molecule has 0 saturated carbocycles. The van der Waals surface area contributed by atoms with Crippen LogP contribution >= 0.6 is 0 Å². The van der Waals surface area contributed by atoms with Crippen LogP contribution in [0.15, 0.2) is 0 Å². The number of nitrogens with two attached hydrogens (primary N) is 2. The Balaban J connectivity index is -0.0000000178. The molecule has 0 aliphatic carbocycles. The maximum Gasteiger partial charge on any atom is 2.00 e. The number of hydrogen-bond acceptors (Lipinski definition) is 6. The Hall–Kier alpha value is 2.09. The molecule has 0 radical (unpaired) electrons. The fourth-order valence-electron chi connectivity index (χ4n) is 1.90. The molecule has 0 spiro atoms. The maximum absolute atomic E-state index is 8.41. The Morgan fingerprint density at radius 1 is 0.537 bits per heavy atom. The summed E-state index contributed by atoms with van der Waals surface area (Å²) in [7, 11) is 2.96. The van der Waals surface area contributed by atoms with Gasteiger partial charge in [0.2, 0.25) is 0 Å². The van der Waals surface area contributed by atoms with Gasteiger partial charge in [0, 0.05) is 92.0 Å². The van der Waals surface area contributed by atoms with Gasteiger partial charge in [-0.25, -0.2) is 0 Å². The van der Waals surface area contributed by atoms with E-state index in [1.807, 2.05) is 7.05 Å². The maximum atomic E-state index is 8.41. The van der Waals surface area contributed by atoms with E-state index in [2.05, 4.69) is 33.0 Å². The van der Waals surface area contributed by atoms with Crippen LogP contribution < -0.4 is 5.32 Å². The third kappa shape index (κ3) is 207. The minimum atomic E-state index is 0. The average Bonchev–Trinajstić information content (AvgIpc) is 2.91. The van der Waals surface area contributed by atoms with Gasteiger partial charge in [0.05, 0.1) is 0 Å². The molecule has 0 bridgehead atoms. The molecule has 0 aromatic heterocycles. The van der Waals surface area contributed by atoms with Gasteiger partial charge < -0.3 is 68.2 Å². The molecule has 0 aromatic rings. The monoisotopic (exact) mass is 805 g/mol. The summed E-state index contributed by atoms with van der Waals surface area (Å²) >= 11 is 0. The van der Waals surface area contributed by atoms with Crippen molar-refractivity contribution in [2.75, 3.05) is 53.7 Å². The molecular weight excluding hydrogens is 738 g/mol. The summed E-state index contributed by atoms with van der Waals surface area (Å²) in [6.07, 6.45) is 14.0. The first-order valence-electron chi connectivity index (χ1n) is 13.2. The summed E-state index contributed by atoms with van der Waals surface area (Å²) in [4.78, 5) is 0. The van der Waals surface area contributed by atoms with Gasteiger partial charge in [-0.1, -0.05) is 65.2 Å². The quantitative estimate of drug-likeness (QED) is 0.0604. The topological polar surface area (TPSA) is 235 Å². The van der Waals surface area contributed by atoms with Crippen LogP contribution in [0.3, 0.4) is 0 Å². The molecule has 14 heteroatoms. The summed E-state index contributed by atoms with van der Waals surface area (Å²) in [5.41, 5.74) is 6.70. The zero-order valence-electron chi connectivity index (χ0n) is 28.6. The molecule has 10 nitrogen and oxygen atoms in total. The summed E-state index contributed by atoms with van der Waals surface area (Å²) in [5, 5.41) is 43.1. The number of rotatable bonds is 16. The molecule has 0 atom stereocenters. The second-order valence-corrected chi connectivity index (χ2v) is 6.64. The molecule has 0 unspecified atom stereocenters. The van der Waals surface area contributed by atoms with Crippen LogP contribution in [0.25, 0.3) is 18.0 Å². The van der Waals surface area contributed by atoms with Gasteiger partial charge in [-0.15, -0.1) is 0 Å². The Morgan fingerprint density at radius 2 is 0.780 bits per heavy atom. The Morgan fingerprint density at radius 3 is 0.976 bits per heavy atom. The number of aliphatic hydroxyl groups is 5. The van der Waals surface area contributed by atoms with Crippen LogP contribution in [0, 0.1) is 13.8 Å². The second-order valence-electron chi connectivity index (χ2n) is 6.64. The van der Waals surface area contributed by atoms with Crippen LogP contribution in [0.2, 0.25) is 0 Å². The largest absolute Gasteiger partial charge is 2.00 e. The fourth-order valence-corrected chi connectivity index (χ4v) is 1.90. The first-order valence-corrected chi connectivity index (χ1v) is 13.2. The smallest absolute Gasteiger partial charge is 0.693 e. The van der Waals surface area contributed by atoms with Gasteiger partial charge in [-0.2, -0.15) is 20.4 Å². The van der Waals surface area contributed by atoms with Crippen molar-refractivity contribution in [3.63, 3.8) is 0 Å². The Kier molecular flexibility index (Phi) is 320. The van der Waals surface area contributed by atoms with Gasteiger partial charge in [-0.05, 0) is 45.7 Å². The molecule has 0 aliphatic rings. The van der Waals surface area contributed by atoms with E-state index in [-0.39, 0.29) is 102 Å². The van der Waals surface area contributed by atoms with E-state index in [0.717, 1.165) is 71.4 Å². The zero-order valence-corrected chi connectivity index (χ0v) is 40.4. The van der Waals surface area contributed by atoms with E-state index in [1.54, 1.807) is 13.8 Å². The third-order valence-corrected chi connectivity index (χ3v) is 3.69. The van der Waals surface area contributed by atoms with Crippen molar-refractivity contribution in [3.8, 4) is 0 Å². The zero-order chi connectivity index (χ0) is 28.1. The summed E-state index contributed by atoms with van der Waals surface area (Å²) in [6, 6.07) is 0. The molecule has 248 valence electrons. The number of hydrogen-bond donors (Lipinski definition) is 6. The van der Waals surface area contributed by atoms with Crippen molar-refractivity contribution in [1.82, 2.24) is 5.32 Å². The SMILES string of the molecule is CCCCCO.CCCCCO.CNCCCCCCO.CO.O.[CH2-]C.[CH2-]C.[NH-]CCCCCO.[NH2-].[NH2-].[Zn+2].[Zn].[Zn].[Zn]. The molecule has 0 aromatic carbocycles. The van der Waals surface area contributed by atoms with Crippen molar-refractivity contribution in [1.29, 1.82) is 0 Å². The Labute approximate surface area is 308 Å². The van der Waals surface area contributed by atoms with Crippen LogP contribution in [0.1, 0.15) is 111 Å².